The van der Waals surface area contributed by atoms with Gasteiger partial charge >= 0.3 is 0 Å². The van der Waals surface area contributed by atoms with Crippen LogP contribution in [0.5, 0.6) is 0 Å². The minimum Gasteiger partial charge on any atom is -0.368 e. The molecule has 0 bridgehead atoms. The fourth-order valence-corrected chi connectivity index (χ4v) is 2.44. The molecule has 102 valence electrons. The number of rotatable bonds is 2. The van der Waals surface area contributed by atoms with Crippen LogP contribution in [-0.4, -0.2) is 34.3 Å². The molecule has 1 aliphatic rings. The number of likely N-dealkylation sites (tertiary alicyclic amines) is 1. The van der Waals surface area contributed by atoms with Gasteiger partial charge < -0.3 is 10.6 Å². The maximum Gasteiger partial charge on any atom is 0.256 e. The highest BCUT2D eigenvalue weighted by atomic mass is 35.5. The third kappa shape index (κ3) is 2.98. The van der Waals surface area contributed by atoms with Gasteiger partial charge in [-0.05, 0) is 25.3 Å². The zero-order valence-electron chi connectivity index (χ0n) is 10.1. The summed E-state index contributed by atoms with van der Waals surface area (Å²) in [6.07, 6.45) is 3.68. The molecule has 0 aliphatic carbocycles. The molecule has 1 aromatic heterocycles. The van der Waals surface area contributed by atoms with E-state index in [0.717, 1.165) is 12.8 Å². The van der Waals surface area contributed by atoms with E-state index < -0.39 is 11.9 Å². The quantitative estimate of drug-likeness (QED) is 0.847. The Hall–Kier alpha value is -1.33. The largest absolute Gasteiger partial charge is 0.368 e. The average molecular weight is 302 g/mol. The Morgan fingerprint density at radius 3 is 2.74 bits per heavy atom. The number of halogens is 2. The Morgan fingerprint density at radius 1 is 1.37 bits per heavy atom. The van der Waals surface area contributed by atoms with Crippen molar-refractivity contribution in [2.75, 3.05) is 6.54 Å². The fraction of sp³-hybridized carbons (Fsp3) is 0.417. The zero-order chi connectivity index (χ0) is 14.0. The molecule has 2 rings (SSSR count). The Balaban J connectivity index is 2.26. The molecule has 7 heteroatoms. The van der Waals surface area contributed by atoms with Gasteiger partial charge in [-0.3, -0.25) is 9.59 Å². The number of carbonyl (C=O) groups is 2. The molecule has 19 heavy (non-hydrogen) atoms. The van der Waals surface area contributed by atoms with E-state index in [1.165, 1.54) is 17.2 Å². The number of nitrogens with two attached hydrogens (primary N) is 1. The van der Waals surface area contributed by atoms with Crippen LogP contribution in [0.15, 0.2) is 12.3 Å². The Labute approximate surface area is 120 Å². The predicted octanol–water partition coefficient (Wildman–Crippen LogP) is 1.87. The number of primary amides is 1. The number of aromatic nitrogens is 1. The summed E-state index contributed by atoms with van der Waals surface area (Å²) in [7, 11) is 0. The van der Waals surface area contributed by atoms with Crippen molar-refractivity contribution in [2.24, 2.45) is 5.73 Å². The van der Waals surface area contributed by atoms with E-state index in [1.807, 2.05) is 0 Å². The Kier molecular flexibility index (Phi) is 4.27. The van der Waals surface area contributed by atoms with Gasteiger partial charge in [0.05, 0.1) is 10.6 Å². The Morgan fingerprint density at radius 2 is 2.11 bits per heavy atom. The molecule has 1 aliphatic heterocycles. The van der Waals surface area contributed by atoms with Gasteiger partial charge in [-0.15, -0.1) is 0 Å². The van der Waals surface area contributed by atoms with E-state index >= 15 is 0 Å². The lowest BCUT2D eigenvalue weighted by atomic mass is 10.0. The Bertz CT molecular complexity index is 522. The molecule has 2 N–H and O–H groups in total. The molecular weight excluding hydrogens is 289 g/mol. The first-order valence-corrected chi connectivity index (χ1v) is 6.67. The molecular formula is C12H13Cl2N3O2. The summed E-state index contributed by atoms with van der Waals surface area (Å²) >= 11 is 11.5. The molecule has 0 radical (unpaired) electrons. The van der Waals surface area contributed by atoms with E-state index in [2.05, 4.69) is 4.98 Å². The standard InChI is InChI=1S/C12H13Cl2N3O2/c13-8-5-7(6-16-10(8)14)12(19)17-4-2-1-3-9(17)11(15)18/h5-6,9H,1-4H2,(H2,15,18). The second-order valence-electron chi connectivity index (χ2n) is 4.41. The van der Waals surface area contributed by atoms with Crippen LogP contribution in [0.4, 0.5) is 0 Å². The summed E-state index contributed by atoms with van der Waals surface area (Å²) in [4.78, 5) is 29.1. The number of amides is 2. The van der Waals surface area contributed by atoms with Gasteiger partial charge in [-0.2, -0.15) is 0 Å². The third-order valence-electron chi connectivity index (χ3n) is 3.14. The smallest absolute Gasteiger partial charge is 0.256 e. The second kappa shape index (κ2) is 5.75. The third-order valence-corrected chi connectivity index (χ3v) is 3.82. The first-order chi connectivity index (χ1) is 9.00. The van der Waals surface area contributed by atoms with Crippen LogP contribution in [0, 0.1) is 0 Å². The van der Waals surface area contributed by atoms with Crippen molar-refractivity contribution in [2.45, 2.75) is 25.3 Å². The molecule has 1 fully saturated rings. The molecule has 1 unspecified atom stereocenters. The topological polar surface area (TPSA) is 76.3 Å². The summed E-state index contributed by atoms with van der Waals surface area (Å²) in [5.41, 5.74) is 5.64. The summed E-state index contributed by atoms with van der Waals surface area (Å²) in [6.45, 7) is 0.507. The van der Waals surface area contributed by atoms with E-state index in [-0.39, 0.29) is 16.1 Å². The lowest BCUT2D eigenvalue weighted by molar-refractivity contribution is -0.123. The van der Waals surface area contributed by atoms with E-state index in [0.29, 0.717) is 18.5 Å². The van der Waals surface area contributed by atoms with Crippen LogP contribution < -0.4 is 5.73 Å². The first kappa shape index (κ1) is 14.1. The van der Waals surface area contributed by atoms with Gasteiger partial charge in [-0.1, -0.05) is 23.2 Å². The van der Waals surface area contributed by atoms with Gasteiger partial charge in [0.1, 0.15) is 11.2 Å². The van der Waals surface area contributed by atoms with Crippen molar-refractivity contribution in [3.05, 3.63) is 28.0 Å². The molecule has 5 nitrogen and oxygen atoms in total. The molecule has 1 saturated heterocycles. The number of nitrogens with zero attached hydrogens (tertiary/aromatic N) is 2. The van der Waals surface area contributed by atoms with Crippen molar-refractivity contribution in [3.63, 3.8) is 0 Å². The normalized spacial score (nSPS) is 19.3. The van der Waals surface area contributed by atoms with E-state index in [4.69, 9.17) is 28.9 Å². The number of hydrogen-bond donors (Lipinski definition) is 1. The van der Waals surface area contributed by atoms with Crippen LogP contribution in [0.3, 0.4) is 0 Å². The highest BCUT2D eigenvalue weighted by molar-refractivity contribution is 6.41. The number of hydrogen-bond acceptors (Lipinski definition) is 3. The van der Waals surface area contributed by atoms with Crippen molar-refractivity contribution in [1.82, 2.24) is 9.88 Å². The van der Waals surface area contributed by atoms with Crippen LogP contribution in [0.1, 0.15) is 29.6 Å². The van der Waals surface area contributed by atoms with Crippen LogP contribution >= 0.6 is 23.2 Å². The maximum absolute atomic E-state index is 12.4. The molecule has 1 atom stereocenters. The zero-order valence-corrected chi connectivity index (χ0v) is 11.6. The van der Waals surface area contributed by atoms with Crippen molar-refractivity contribution in [3.8, 4) is 0 Å². The first-order valence-electron chi connectivity index (χ1n) is 5.92. The van der Waals surface area contributed by atoms with Gasteiger partial charge in [0.2, 0.25) is 5.91 Å². The van der Waals surface area contributed by atoms with E-state index in [9.17, 15) is 9.59 Å². The molecule has 0 saturated carbocycles. The van der Waals surface area contributed by atoms with Crippen LogP contribution in [-0.2, 0) is 4.79 Å². The predicted molar refractivity (Wildman–Crippen MR) is 72.1 cm³/mol. The van der Waals surface area contributed by atoms with Gasteiger partial charge in [0.25, 0.3) is 5.91 Å². The van der Waals surface area contributed by atoms with Crippen LogP contribution in [0.25, 0.3) is 0 Å². The molecule has 1 aromatic rings. The minimum atomic E-state index is -0.560. The molecule has 0 spiro atoms. The van der Waals surface area contributed by atoms with Crippen molar-refractivity contribution < 1.29 is 9.59 Å². The highest BCUT2D eigenvalue weighted by Gasteiger charge is 2.31. The lowest BCUT2D eigenvalue weighted by Crippen LogP contribution is -2.50. The van der Waals surface area contributed by atoms with Gasteiger partial charge in [-0.25, -0.2) is 4.98 Å². The summed E-state index contributed by atoms with van der Waals surface area (Å²) < 4.78 is 0. The van der Waals surface area contributed by atoms with Crippen molar-refractivity contribution in [1.29, 1.82) is 0 Å². The molecule has 2 amide bonds. The second-order valence-corrected chi connectivity index (χ2v) is 5.17. The number of carbonyl (C=O) groups excluding carboxylic acids is 2. The van der Waals surface area contributed by atoms with Gasteiger partial charge in [0.15, 0.2) is 0 Å². The maximum atomic E-state index is 12.4. The average Bonchev–Trinajstić information content (AvgIpc) is 2.41. The lowest BCUT2D eigenvalue weighted by Gasteiger charge is -2.33. The van der Waals surface area contributed by atoms with E-state index in [1.54, 1.807) is 0 Å². The monoisotopic (exact) mass is 301 g/mol. The summed E-state index contributed by atoms with van der Waals surface area (Å²) in [6, 6.07) is 0.891. The highest BCUT2D eigenvalue weighted by Crippen LogP contribution is 2.23. The number of piperidine rings is 1. The summed E-state index contributed by atoms with van der Waals surface area (Å²) in [5.74, 6) is -0.782. The summed E-state index contributed by atoms with van der Waals surface area (Å²) in [5, 5.41) is 0.350. The van der Waals surface area contributed by atoms with Crippen LogP contribution in [0.2, 0.25) is 10.2 Å². The SMILES string of the molecule is NC(=O)C1CCCCN1C(=O)c1cnc(Cl)c(Cl)c1. The number of pyridine rings is 1. The minimum absolute atomic E-state index is 0.142. The molecule has 2 heterocycles. The fourth-order valence-electron chi connectivity index (χ4n) is 2.17. The van der Waals surface area contributed by atoms with Gasteiger partial charge in [0, 0.05) is 12.7 Å². The molecule has 0 aromatic carbocycles. The van der Waals surface area contributed by atoms with Crippen molar-refractivity contribution >= 4 is 35.0 Å².